The van der Waals surface area contributed by atoms with Gasteiger partial charge in [-0.05, 0) is 40.3 Å². The van der Waals surface area contributed by atoms with Crippen LogP contribution in [0.2, 0.25) is 0 Å². The predicted molar refractivity (Wildman–Crippen MR) is 103 cm³/mol. The first-order valence-electron chi connectivity index (χ1n) is 8.82. The molecule has 2 aromatic heterocycles. The van der Waals surface area contributed by atoms with E-state index in [1.54, 1.807) is 31.2 Å². The second-order valence-corrected chi connectivity index (χ2v) is 6.38. The third-order valence-electron chi connectivity index (χ3n) is 4.43. The number of para-hydroxylation sites is 1. The molecule has 0 radical (unpaired) electrons. The number of rotatable bonds is 6. The summed E-state index contributed by atoms with van der Waals surface area (Å²) < 4.78 is 11.8. The Kier molecular flexibility index (Phi) is 5.02. The van der Waals surface area contributed by atoms with E-state index in [1.165, 1.54) is 17.3 Å². The molecule has 2 heterocycles. The van der Waals surface area contributed by atoms with Gasteiger partial charge in [-0.1, -0.05) is 23.4 Å². The van der Waals surface area contributed by atoms with Crippen LogP contribution in [0, 0.1) is 0 Å². The van der Waals surface area contributed by atoms with Crippen LogP contribution < -0.4 is 4.74 Å². The van der Waals surface area contributed by atoms with E-state index in [0.29, 0.717) is 29.2 Å². The third-order valence-corrected chi connectivity index (χ3v) is 4.43. The molecule has 0 atom stereocenters. The predicted octanol–water partition coefficient (Wildman–Crippen LogP) is 2.60. The van der Waals surface area contributed by atoms with Crippen LogP contribution in [-0.4, -0.2) is 50.3 Å². The van der Waals surface area contributed by atoms with Crippen LogP contribution >= 0.6 is 0 Å². The fourth-order valence-corrected chi connectivity index (χ4v) is 3.04. The topological polar surface area (TPSA) is 99.2 Å². The number of ether oxygens (including phenoxy) is 1. The smallest absolute Gasteiger partial charge is 0.254 e. The molecule has 0 fully saturated rings. The van der Waals surface area contributed by atoms with Gasteiger partial charge in [-0.25, -0.2) is 4.68 Å². The van der Waals surface area contributed by atoms with E-state index in [2.05, 4.69) is 20.7 Å². The molecule has 0 aliphatic carbocycles. The Bertz CT molecular complexity index is 1110. The molecule has 2 aromatic carbocycles. The molecule has 4 rings (SSSR count). The molecule has 0 saturated heterocycles. The number of hydrogen-bond acceptors (Lipinski definition) is 7. The maximum absolute atomic E-state index is 13.1. The highest BCUT2D eigenvalue weighted by atomic mass is 16.5. The summed E-state index contributed by atoms with van der Waals surface area (Å²) in [5.74, 6) is 0.537. The second-order valence-electron chi connectivity index (χ2n) is 6.38. The van der Waals surface area contributed by atoms with Gasteiger partial charge in [0.2, 0.25) is 0 Å². The highest BCUT2D eigenvalue weighted by Gasteiger charge is 2.17. The molecule has 0 saturated carbocycles. The Morgan fingerprint density at radius 3 is 2.79 bits per heavy atom. The van der Waals surface area contributed by atoms with Crippen LogP contribution in [0.4, 0.5) is 0 Å². The number of methoxy groups -OCH3 is 1. The molecule has 1 amide bonds. The van der Waals surface area contributed by atoms with E-state index in [0.717, 1.165) is 11.1 Å². The molecule has 9 nitrogen and oxygen atoms in total. The average molecular weight is 390 g/mol. The SMILES string of the molecule is COc1ccccc1-c1cc(C(=O)N(C)Cc2ccon2)cc(-n2cnnn2)c1. The number of benzene rings is 2. The highest BCUT2D eigenvalue weighted by molar-refractivity contribution is 5.96. The number of amides is 1. The van der Waals surface area contributed by atoms with Gasteiger partial charge in [0, 0.05) is 24.2 Å². The van der Waals surface area contributed by atoms with Crippen LogP contribution in [0.25, 0.3) is 16.8 Å². The standard InChI is InChI=1S/C20H18N6O3/c1-25(12-16-7-8-29-22-16)20(27)15-9-14(18-5-3-4-6-19(18)28-2)10-17(11-15)26-13-21-23-24-26/h3-11,13H,12H2,1-2H3. The lowest BCUT2D eigenvalue weighted by molar-refractivity contribution is 0.0782. The first kappa shape index (κ1) is 18.4. The summed E-state index contributed by atoms with van der Waals surface area (Å²) in [4.78, 5) is 14.7. The lowest BCUT2D eigenvalue weighted by atomic mass is 10.0. The Hall–Kier alpha value is -4.01. The summed E-state index contributed by atoms with van der Waals surface area (Å²) in [6, 6.07) is 14.8. The monoisotopic (exact) mass is 390 g/mol. The van der Waals surface area contributed by atoms with Gasteiger partial charge in [-0.2, -0.15) is 0 Å². The number of aromatic nitrogens is 5. The molecule has 4 aromatic rings. The van der Waals surface area contributed by atoms with E-state index in [9.17, 15) is 4.79 Å². The summed E-state index contributed by atoms with van der Waals surface area (Å²) in [5, 5.41) is 15.2. The minimum absolute atomic E-state index is 0.168. The first-order chi connectivity index (χ1) is 14.2. The van der Waals surface area contributed by atoms with Crippen molar-refractivity contribution in [3.63, 3.8) is 0 Å². The van der Waals surface area contributed by atoms with Crippen LogP contribution in [0.1, 0.15) is 16.1 Å². The third kappa shape index (κ3) is 3.84. The molecule has 0 aliphatic heterocycles. The van der Waals surface area contributed by atoms with E-state index in [1.807, 2.05) is 36.4 Å². The van der Waals surface area contributed by atoms with E-state index >= 15 is 0 Å². The zero-order valence-corrected chi connectivity index (χ0v) is 15.9. The maximum atomic E-state index is 13.1. The number of tetrazole rings is 1. The van der Waals surface area contributed by atoms with Gasteiger partial charge in [0.1, 0.15) is 24.0 Å². The average Bonchev–Trinajstić information content (AvgIpc) is 3.47. The zero-order chi connectivity index (χ0) is 20.2. The quantitative estimate of drug-likeness (QED) is 0.499. The molecule has 0 bridgehead atoms. The minimum atomic E-state index is -0.168. The van der Waals surface area contributed by atoms with Crippen molar-refractivity contribution < 1.29 is 14.1 Å². The number of hydrogen-bond donors (Lipinski definition) is 0. The first-order valence-corrected chi connectivity index (χ1v) is 8.82. The van der Waals surface area contributed by atoms with Gasteiger partial charge in [-0.3, -0.25) is 4.79 Å². The van der Waals surface area contributed by atoms with Crippen LogP contribution in [0.5, 0.6) is 5.75 Å². The molecule has 9 heteroatoms. The lowest BCUT2D eigenvalue weighted by Gasteiger charge is -2.17. The van der Waals surface area contributed by atoms with E-state index in [4.69, 9.17) is 9.26 Å². The fraction of sp³-hybridized carbons (Fsp3) is 0.150. The minimum Gasteiger partial charge on any atom is -0.496 e. The Morgan fingerprint density at radius 1 is 1.21 bits per heavy atom. The van der Waals surface area contributed by atoms with Gasteiger partial charge in [0.15, 0.2) is 0 Å². The van der Waals surface area contributed by atoms with Gasteiger partial charge in [0.05, 0.1) is 19.3 Å². The summed E-state index contributed by atoms with van der Waals surface area (Å²) in [6.07, 6.45) is 2.96. The molecular weight excluding hydrogens is 372 g/mol. The van der Waals surface area contributed by atoms with E-state index < -0.39 is 0 Å². The van der Waals surface area contributed by atoms with Crippen molar-refractivity contribution >= 4 is 5.91 Å². The molecule has 146 valence electrons. The largest absolute Gasteiger partial charge is 0.496 e. The highest BCUT2D eigenvalue weighted by Crippen LogP contribution is 2.32. The summed E-state index contributed by atoms with van der Waals surface area (Å²) in [7, 11) is 3.32. The number of nitrogens with zero attached hydrogens (tertiary/aromatic N) is 6. The summed E-state index contributed by atoms with van der Waals surface area (Å²) in [6.45, 7) is 0.328. The van der Waals surface area contributed by atoms with Crippen molar-refractivity contribution in [3.05, 3.63) is 72.4 Å². The number of carbonyl (C=O) groups excluding carboxylic acids is 1. The van der Waals surface area contributed by atoms with Crippen LogP contribution in [0.3, 0.4) is 0 Å². The fourth-order valence-electron chi connectivity index (χ4n) is 3.04. The normalized spacial score (nSPS) is 10.7. The van der Waals surface area contributed by atoms with Crippen molar-refractivity contribution in [2.24, 2.45) is 0 Å². The molecule has 0 N–H and O–H groups in total. The molecule has 0 aliphatic rings. The summed E-state index contributed by atoms with van der Waals surface area (Å²) >= 11 is 0. The van der Waals surface area contributed by atoms with Crippen molar-refractivity contribution in [2.75, 3.05) is 14.2 Å². The molecule has 0 unspecified atom stereocenters. The van der Waals surface area contributed by atoms with Crippen molar-refractivity contribution in [2.45, 2.75) is 6.54 Å². The summed E-state index contributed by atoms with van der Waals surface area (Å²) in [5.41, 5.74) is 3.50. The van der Waals surface area contributed by atoms with Gasteiger partial charge in [0.25, 0.3) is 5.91 Å². The second kappa shape index (κ2) is 7.93. The Labute approximate surface area is 166 Å². The van der Waals surface area contributed by atoms with Gasteiger partial charge in [-0.15, -0.1) is 5.10 Å². The Balaban J connectivity index is 1.77. The number of carbonyl (C=O) groups is 1. The Morgan fingerprint density at radius 2 is 2.07 bits per heavy atom. The molecule has 0 spiro atoms. The maximum Gasteiger partial charge on any atom is 0.254 e. The molecule has 29 heavy (non-hydrogen) atoms. The van der Waals surface area contributed by atoms with Crippen molar-refractivity contribution in [1.29, 1.82) is 0 Å². The zero-order valence-electron chi connectivity index (χ0n) is 15.9. The molecular formula is C20H18N6O3. The van der Waals surface area contributed by atoms with Crippen LogP contribution in [-0.2, 0) is 6.54 Å². The lowest BCUT2D eigenvalue weighted by Crippen LogP contribution is -2.26. The van der Waals surface area contributed by atoms with E-state index in [-0.39, 0.29) is 5.91 Å². The van der Waals surface area contributed by atoms with Gasteiger partial charge >= 0.3 is 0 Å². The van der Waals surface area contributed by atoms with Gasteiger partial charge < -0.3 is 14.2 Å². The van der Waals surface area contributed by atoms with Crippen molar-refractivity contribution in [1.82, 2.24) is 30.3 Å². The van der Waals surface area contributed by atoms with Crippen molar-refractivity contribution in [3.8, 4) is 22.6 Å². The van der Waals surface area contributed by atoms with Crippen LogP contribution in [0.15, 0.2) is 65.6 Å².